The van der Waals surface area contributed by atoms with Gasteiger partial charge in [-0.25, -0.2) is 9.66 Å². The van der Waals surface area contributed by atoms with Crippen LogP contribution >= 0.6 is 0 Å². The Balaban J connectivity index is 2.01. The van der Waals surface area contributed by atoms with Gasteiger partial charge in [0.2, 0.25) is 5.91 Å². The number of nitrogens with two attached hydrogens (primary N) is 1. The van der Waals surface area contributed by atoms with Crippen LogP contribution in [0.15, 0.2) is 53.3 Å². The Morgan fingerprint density at radius 1 is 1.20 bits per heavy atom. The second-order valence-corrected chi connectivity index (χ2v) is 5.38. The van der Waals surface area contributed by atoms with Crippen LogP contribution in [-0.2, 0) is 17.8 Å². The highest BCUT2D eigenvalue weighted by Gasteiger charge is 2.14. The van der Waals surface area contributed by atoms with Gasteiger partial charge in [0.05, 0.1) is 29.4 Å². The lowest BCUT2D eigenvalue weighted by molar-refractivity contribution is -0.116. The molecule has 7 heteroatoms. The molecule has 0 spiro atoms. The summed E-state index contributed by atoms with van der Waals surface area (Å²) in [7, 11) is 0. The van der Waals surface area contributed by atoms with E-state index >= 15 is 0 Å². The zero-order chi connectivity index (χ0) is 17.8. The standard InChI is InChI=1S/C18H15N5O2/c19-10-13-7-4-8-14-17(13)21-15(11-20)23(18(14)25)22-16(24)9-12-5-2-1-3-6-12/h1-8H,9,11,20H2,(H,22,24). The molecule has 2 aromatic carbocycles. The quantitative estimate of drug-likeness (QED) is 0.740. The zero-order valence-corrected chi connectivity index (χ0v) is 13.3. The van der Waals surface area contributed by atoms with Crippen LogP contribution in [0.25, 0.3) is 10.9 Å². The summed E-state index contributed by atoms with van der Waals surface area (Å²) in [6.07, 6.45) is 0.119. The van der Waals surface area contributed by atoms with Crippen LogP contribution in [0.4, 0.5) is 0 Å². The highest BCUT2D eigenvalue weighted by Crippen LogP contribution is 2.13. The van der Waals surface area contributed by atoms with E-state index in [1.165, 1.54) is 0 Å². The molecule has 1 amide bonds. The van der Waals surface area contributed by atoms with E-state index < -0.39 is 5.56 Å². The minimum atomic E-state index is -0.469. The molecule has 0 aliphatic carbocycles. The number of nitrogens with one attached hydrogen (secondary N) is 1. The maximum atomic E-state index is 12.7. The van der Waals surface area contributed by atoms with Crippen LogP contribution < -0.4 is 16.7 Å². The fraction of sp³-hybridized carbons (Fsp3) is 0.111. The number of fused-ring (bicyclic) bond motifs is 1. The van der Waals surface area contributed by atoms with Crippen LogP contribution in [0.1, 0.15) is 17.0 Å². The molecule has 0 bridgehead atoms. The molecule has 0 aliphatic heterocycles. The monoisotopic (exact) mass is 333 g/mol. The van der Waals surface area contributed by atoms with Crippen molar-refractivity contribution >= 4 is 16.8 Å². The average molecular weight is 333 g/mol. The molecule has 124 valence electrons. The van der Waals surface area contributed by atoms with Gasteiger partial charge in [-0.15, -0.1) is 0 Å². The van der Waals surface area contributed by atoms with E-state index in [0.29, 0.717) is 0 Å². The van der Waals surface area contributed by atoms with Gasteiger partial charge in [-0.2, -0.15) is 5.26 Å². The number of para-hydroxylation sites is 1. The zero-order valence-electron chi connectivity index (χ0n) is 13.3. The molecule has 1 aromatic heterocycles. The minimum absolute atomic E-state index is 0.0590. The van der Waals surface area contributed by atoms with Gasteiger partial charge in [-0.3, -0.25) is 15.0 Å². The molecule has 3 aromatic rings. The lowest BCUT2D eigenvalue weighted by Crippen LogP contribution is -2.37. The Morgan fingerprint density at radius 2 is 1.96 bits per heavy atom. The lowest BCUT2D eigenvalue weighted by atomic mass is 10.1. The number of hydrogen-bond donors (Lipinski definition) is 2. The maximum Gasteiger partial charge on any atom is 0.280 e. The van der Waals surface area contributed by atoms with E-state index in [2.05, 4.69) is 10.4 Å². The van der Waals surface area contributed by atoms with Gasteiger partial charge in [0.15, 0.2) is 0 Å². The maximum absolute atomic E-state index is 12.7. The molecule has 0 fully saturated rings. The number of hydrogen-bond acceptors (Lipinski definition) is 5. The Hall–Kier alpha value is -3.50. The normalized spacial score (nSPS) is 10.4. The van der Waals surface area contributed by atoms with Crippen molar-refractivity contribution in [1.29, 1.82) is 5.26 Å². The molecule has 1 heterocycles. The van der Waals surface area contributed by atoms with Crippen molar-refractivity contribution in [3.8, 4) is 6.07 Å². The van der Waals surface area contributed by atoms with E-state index in [9.17, 15) is 9.59 Å². The molecule has 0 saturated heterocycles. The number of amides is 1. The summed E-state index contributed by atoms with van der Waals surface area (Å²) < 4.78 is 1.05. The molecule has 3 rings (SSSR count). The van der Waals surface area contributed by atoms with E-state index in [-0.39, 0.29) is 41.2 Å². The average Bonchev–Trinajstić information content (AvgIpc) is 2.64. The third kappa shape index (κ3) is 3.24. The predicted molar refractivity (Wildman–Crippen MR) is 93.1 cm³/mol. The van der Waals surface area contributed by atoms with Crippen molar-refractivity contribution < 1.29 is 4.79 Å². The first kappa shape index (κ1) is 16.4. The fourth-order valence-electron chi connectivity index (χ4n) is 2.54. The van der Waals surface area contributed by atoms with Crippen molar-refractivity contribution in [3.05, 3.63) is 75.8 Å². The fourth-order valence-corrected chi connectivity index (χ4v) is 2.54. The summed E-state index contributed by atoms with van der Waals surface area (Å²) in [5.41, 5.74) is 9.14. The Morgan fingerprint density at radius 3 is 2.64 bits per heavy atom. The number of benzene rings is 2. The van der Waals surface area contributed by atoms with Crippen LogP contribution in [0.2, 0.25) is 0 Å². The van der Waals surface area contributed by atoms with E-state index in [1.54, 1.807) is 18.2 Å². The van der Waals surface area contributed by atoms with Gasteiger partial charge in [0, 0.05) is 0 Å². The largest absolute Gasteiger partial charge is 0.324 e. The molecule has 0 saturated carbocycles. The van der Waals surface area contributed by atoms with Crippen molar-refractivity contribution in [1.82, 2.24) is 9.66 Å². The molecule has 25 heavy (non-hydrogen) atoms. The second-order valence-electron chi connectivity index (χ2n) is 5.38. The van der Waals surface area contributed by atoms with Gasteiger partial charge in [0.25, 0.3) is 5.56 Å². The summed E-state index contributed by atoms with van der Waals surface area (Å²) in [5, 5.41) is 9.42. The van der Waals surface area contributed by atoms with Gasteiger partial charge < -0.3 is 5.73 Å². The van der Waals surface area contributed by atoms with Crippen LogP contribution in [0.5, 0.6) is 0 Å². The Labute approximate surface area is 143 Å². The van der Waals surface area contributed by atoms with Gasteiger partial charge in [0.1, 0.15) is 11.9 Å². The molecule has 3 N–H and O–H groups in total. The van der Waals surface area contributed by atoms with Crippen molar-refractivity contribution in [2.24, 2.45) is 5.73 Å². The molecule has 0 radical (unpaired) electrons. The van der Waals surface area contributed by atoms with E-state index in [4.69, 9.17) is 11.0 Å². The van der Waals surface area contributed by atoms with Gasteiger partial charge in [-0.1, -0.05) is 36.4 Å². The topological polar surface area (TPSA) is 114 Å². The number of carbonyl (C=O) groups excluding carboxylic acids is 1. The van der Waals surface area contributed by atoms with Gasteiger partial charge in [-0.05, 0) is 17.7 Å². The molecule has 0 aliphatic rings. The van der Waals surface area contributed by atoms with E-state index in [1.807, 2.05) is 36.4 Å². The highest BCUT2D eigenvalue weighted by molar-refractivity contribution is 5.87. The number of nitrogens with zero attached hydrogens (tertiary/aromatic N) is 3. The molecule has 0 atom stereocenters. The smallest absolute Gasteiger partial charge is 0.280 e. The lowest BCUT2D eigenvalue weighted by Gasteiger charge is -2.13. The van der Waals surface area contributed by atoms with Gasteiger partial charge >= 0.3 is 0 Å². The highest BCUT2D eigenvalue weighted by atomic mass is 16.2. The van der Waals surface area contributed by atoms with Crippen LogP contribution in [-0.4, -0.2) is 15.6 Å². The second kappa shape index (κ2) is 6.95. The van der Waals surface area contributed by atoms with Crippen molar-refractivity contribution in [2.45, 2.75) is 13.0 Å². The van der Waals surface area contributed by atoms with Crippen molar-refractivity contribution in [2.75, 3.05) is 5.43 Å². The minimum Gasteiger partial charge on any atom is -0.324 e. The van der Waals surface area contributed by atoms with Crippen LogP contribution in [0.3, 0.4) is 0 Å². The van der Waals surface area contributed by atoms with E-state index in [0.717, 1.165) is 10.2 Å². The third-order valence-electron chi connectivity index (χ3n) is 3.72. The number of rotatable bonds is 4. The summed E-state index contributed by atoms with van der Waals surface area (Å²) in [4.78, 5) is 29.3. The first-order valence-corrected chi connectivity index (χ1v) is 7.62. The number of aromatic nitrogens is 2. The number of carbonyl (C=O) groups is 1. The Kier molecular flexibility index (Phi) is 4.55. The summed E-state index contributed by atoms with van der Waals surface area (Å²) in [5.74, 6) is -0.179. The van der Waals surface area contributed by atoms with Crippen LogP contribution in [0, 0.1) is 11.3 Å². The molecular weight excluding hydrogens is 318 g/mol. The molecule has 7 nitrogen and oxygen atoms in total. The molecule has 0 unspecified atom stereocenters. The summed E-state index contributed by atoms with van der Waals surface area (Å²) in [6, 6.07) is 15.9. The summed E-state index contributed by atoms with van der Waals surface area (Å²) in [6.45, 7) is -0.0590. The van der Waals surface area contributed by atoms with Crippen molar-refractivity contribution in [3.63, 3.8) is 0 Å². The first-order chi connectivity index (χ1) is 12.1. The third-order valence-corrected chi connectivity index (χ3v) is 3.72. The predicted octanol–water partition coefficient (Wildman–Crippen LogP) is 1.04. The Bertz CT molecular complexity index is 1040. The number of nitriles is 1. The SMILES string of the molecule is N#Cc1cccc2c(=O)n(NC(=O)Cc3ccccc3)c(CN)nc12. The first-order valence-electron chi connectivity index (χ1n) is 7.62. The summed E-state index contributed by atoms with van der Waals surface area (Å²) >= 11 is 0. The molecular formula is C18H15N5O2.